The fourth-order valence-corrected chi connectivity index (χ4v) is 11.0. The number of nitrogens with one attached hydrogen (secondary N) is 1. The van der Waals surface area contributed by atoms with Crippen LogP contribution in [0.25, 0.3) is 154 Å². The Kier molecular flexibility index (Phi) is 7.74. The summed E-state index contributed by atoms with van der Waals surface area (Å²) in [5.74, 6) is 0.992. The Labute approximate surface area is 391 Å². The topological polar surface area (TPSA) is 80.7 Å². The van der Waals surface area contributed by atoms with E-state index in [9.17, 15) is 0 Å². The highest BCUT2D eigenvalue weighted by molar-refractivity contribution is 6.33. The molecule has 0 aliphatic carbocycles. The molecule has 15 rings (SSSR count). The van der Waals surface area contributed by atoms with Crippen LogP contribution in [0, 0.1) is 0 Å². The van der Waals surface area contributed by atoms with E-state index in [1.165, 1.54) is 32.3 Å². The van der Waals surface area contributed by atoms with Crippen LogP contribution in [0.1, 0.15) is 0 Å². The summed E-state index contributed by atoms with van der Waals surface area (Å²) in [4.78, 5) is 17.8. The van der Waals surface area contributed by atoms with Crippen molar-refractivity contribution in [2.24, 2.45) is 0 Å². The van der Waals surface area contributed by atoms with Crippen molar-refractivity contribution in [3.63, 3.8) is 0 Å². The zero-order chi connectivity index (χ0) is 44.6. The normalized spacial score (nSPS) is 12.2. The average Bonchev–Trinajstić information content (AvgIpc) is 4.09. The van der Waals surface area contributed by atoms with Crippen LogP contribution in [0.2, 0.25) is 5.28 Å². The predicted octanol–water partition coefficient (Wildman–Crippen LogP) is 17.2. The number of benzene rings is 11. The Morgan fingerprint density at radius 1 is 0.353 bits per heavy atom. The summed E-state index contributed by atoms with van der Waals surface area (Å²) in [6.45, 7) is 0. The van der Waals surface area contributed by atoms with Gasteiger partial charge in [0.2, 0.25) is 5.28 Å². The van der Waals surface area contributed by atoms with Crippen molar-refractivity contribution < 1.29 is 8.83 Å². The summed E-state index contributed by atoms with van der Waals surface area (Å²) in [6, 6.07) is 68.4. The molecule has 0 spiro atoms. The number of rotatable bonds is 4. The predicted molar refractivity (Wildman–Crippen MR) is 281 cm³/mol. The minimum absolute atomic E-state index is 0.132. The van der Waals surface area contributed by atoms with Crippen LogP contribution >= 0.6 is 11.6 Å². The van der Waals surface area contributed by atoms with Gasteiger partial charge in [-0.2, -0.15) is 9.97 Å². The van der Waals surface area contributed by atoms with E-state index in [4.69, 9.17) is 25.4 Å². The molecule has 11 aromatic carbocycles. The first-order valence-corrected chi connectivity index (χ1v) is 23.1. The van der Waals surface area contributed by atoms with Gasteiger partial charge in [0, 0.05) is 60.0 Å². The van der Waals surface area contributed by atoms with Crippen molar-refractivity contribution in [2.45, 2.75) is 0 Å². The average molecular weight is 889 g/mol. The molecule has 0 aliphatic rings. The van der Waals surface area contributed by atoms with E-state index in [2.05, 4.69) is 173 Å². The fraction of sp³-hybridized carbons (Fsp3) is 0. The Hall–Kier alpha value is -8.84. The van der Waals surface area contributed by atoms with Crippen LogP contribution in [-0.2, 0) is 0 Å². The van der Waals surface area contributed by atoms with Gasteiger partial charge in [0.1, 0.15) is 22.3 Å². The van der Waals surface area contributed by atoms with Crippen molar-refractivity contribution >= 4 is 120 Å². The molecule has 0 fully saturated rings. The number of aromatic nitrogens is 4. The third kappa shape index (κ3) is 5.49. The molecule has 1 N–H and O–H groups in total. The van der Waals surface area contributed by atoms with Gasteiger partial charge in [-0.25, -0.2) is 4.98 Å². The van der Waals surface area contributed by atoms with Gasteiger partial charge < -0.3 is 13.8 Å². The molecule has 0 aliphatic heterocycles. The van der Waals surface area contributed by atoms with E-state index < -0.39 is 0 Å². The van der Waals surface area contributed by atoms with E-state index in [1.54, 1.807) is 0 Å². The maximum atomic E-state index is 7.08. The van der Waals surface area contributed by atoms with Crippen LogP contribution in [0.5, 0.6) is 0 Å². The molecule has 0 bridgehead atoms. The fourth-order valence-electron chi connectivity index (χ4n) is 10.8. The van der Waals surface area contributed by atoms with Crippen molar-refractivity contribution in [3.8, 4) is 45.0 Å². The smallest absolute Gasteiger partial charge is 0.226 e. The highest BCUT2D eigenvalue weighted by atomic mass is 35.5. The molecule has 0 saturated carbocycles. The number of fused-ring (bicyclic) bond motifs is 16. The molecule has 0 radical (unpaired) electrons. The zero-order valence-corrected chi connectivity index (χ0v) is 36.8. The van der Waals surface area contributed by atoms with Gasteiger partial charge in [-0.05, 0) is 109 Å². The molecule has 0 amide bonds. The van der Waals surface area contributed by atoms with Gasteiger partial charge in [-0.15, -0.1) is 0 Å². The molecule has 316 valence electrons. The zero-order valence-electron chi connectivity index (χ0n) is 36.0. The lowest BCUT2D eigenvalue weighted by molar-refractivity contribution is 0.669. The van der Waals surface area contributed by atoms with Gasteiger partial charge >= 0.3 is 0 Å². The summed E-state index contributed by atoms with van der Waals surface area (Å²) in [6.07, 6.45) is 0. The van der Waals surface area contributed by atoms with Gasteiger partial charge in [-0.1, -0.05) is 146 Å². The van der Waals surface area contributed by atoms with Crippen LogP contribution in [0.3, 0.4) is 0 Å². The number of hydrogen-bond donors (Lipinski definition) is 1. The summed E-state index contributed by atoms with van der Waals surface area (Å²) in [7, 11) is 0. The third-order valence-corrected chi connectivity index (χ3v) is 14.1. The summed E-state index contributed by atoms with van der Waals surface area (Å²) in [5, 5.41) is 16.2. The number of para-hydroxylation sites is 1. The van der Waals surface area contributed by atoms with E-state index in [0.29, 0.717) is 11.6 Å². The molecule has 4 heterocycles. The second-order valence-corrected chi connectivity index (χ2v) is 18.0. The van der Waals surface area contributed by atoms with Crippen molar-refractivity contribution in [2.75, 3.05) is 0 Å². The van der Waals surface area contributed by atoms with E-state index in [0.717, 1.165) is 110 Å². The molecule has 0 saturated heterocycles. The monoisotopic (exact) mass is 888 g/mol. The number of halogens is 1. The minimum atomic E-state index is 0.132. The molecule has 4 aromatic heterocycles. The second-order valence-electron chi connectivity index (χ2n) is 17.7. The molecule has 0 unspecified atom stereocenters. The number of nitrogens with zero attached hydrogens (tertiary/aromatic N) is 3. The Morgan fingerprint density at radius 2 is 0.956 bits per heavy atom. The third-order valence-electron chi connectivity index (χ3n) is 14.0. The molecular formula is C61H33ClN4O2. The lowest BCUT2D eigenvalue weighted by atomic mass is 9.93. The van der Waals surface area contributed by atoms with E-state index in [1.807, 2.05) is 36.4 Å². The largest absolute Gasteiger partial charge is 0.456 e. The van der Waals surface area contributed by atoms with E-state index in [-0.39, 0.29) is 5.28 Å². The molecule has 15 aromatic rings. The van der Waals surface area contributed by atoms with Gasteiger partial charge in [0.25, 0.3) is 0 Å². The Balaban J connectivity index is 0.852. The Bertz CT molecular complexity index is 4660. The van der Waals surface area contributed by atoms with Gasteiger partial charge in [-0.3, -0.25) is 0 Å². The number of hydrogen-bond acceptors (Lipinski definition) is 5. The molecule has 68 heavy (non-hydrogen) atoms. The van der Waals surface area contributed by atoms with Crippen molar-refractivity contribution in [3.05, 3.63) is 199 Å². The van der Waals surface area contributed by atoms with Crippen LogP contribution in [0.15, 0.2) is 203 Å². The van der Waals surface area contributed by atoms with Crippen LogP contribution in [-0.4, -0.2) is 19.9 Å². The van der Waals surface area contributed by atoms with E-state index >= 15 is 0 Å². The lowest BCUT2D eigenvalue weighted by Gasteiger charge is -2.10. The Morgan fingerprint density at radius 3 is 1.79 bits per heavy atom. The number of H-pyrrole nitrogens is 1. The standard InChI is InChI=1S/C61H33ClN4O2/c62-61-65-59(38-21-20-33-10-1-2-11-34(33)28-38)64-60(66-61)39-23-26-43-49-29-35(24-27-51(49)67-52(43)32-39)36-22-25-44-50-30-37-12-3-4-13-40(37)55(58(50)68-53(44)31-36)48-19-9-18-47-54-45-16-7-5-14-41(45)42-15-6-8-17-46(42)57(54)63-56(47)48/h1-32,63H. The van der Waals surface area contributed by atoms with Crippen molar-refractivity contribution in [1.29, 1.82) is 0 Å². The number of furan rings is 2. The van der Waals surface area contributed by atoms with Gasteiger partial charge in [0.15, 0.2) is 11.6 Å². The second kappa shape index (κ2) is 14.1. The van der Waals surface area contributed by atoms with Crippen molar-refractivity contribution in [1.82, 2.24) is 19.9 Å². The first kappa shape index (κ1) is 37.4. The first-order valence-electron chi connectivity index (χ1n) is 22.7. The van der Waals surface area contributed by atoms with Crippen LogP contribution in [0.4, 0.5) is 0 Å². The van der Waals surface area contributed by atoms with Crippen LogP contribution < -0.4 is 0 Å². The molecule has 6 nitrogen and oxygen atoms in total. The molecule has 7 heteroatoms. The molecular weight excluding hydrogens is 856 g/mol. The maximum Gasteiger partial charge on any atom is 0.226 e. The summed E-state index contributed by atoms with van der Waals surface area (Å²) in [5.41, 5.74) is 11.4. The highest BCUT2D eigenvalue weighted by Gasteiger charge is 2.22. The summed E-state index contributed by atoms with van der Waals surface area (Å²) >= 11 is 6.52. The molecule has 0 atom stereocenters. The number of aromatic amines is 1. The first-order chi connectivity index (χ1) is 33.6. The maximum absolute atomic E-state index is 7.08. The summed E-state index contributed by atoms with van der Waals surface area (Å²) < 4.78 is 13.5. The lowest BCUT2D eigenvalue weighted by Crippen LogP contribution is -1.97. The quantitative estimate of drug-likeness (QED) is 0.178. The van der Waals surface area contributed by atoms with Gasteiger partial charge in [0.05, 0.1) is 11.0 Å². The minimum Gasteiger partial charge on any atom is -0.456 e. The SMILES string of the molecule is Clc1nc(-c2ccc3ccccc3c2)nc(-c2ccc3c(c2)oc2ccc(-c4ccc5c(c4)oc4c(-c6cccc7c6[nH]c6c8ccccc8c8ccccc8c76)c6ccccc6cc45)cc23)n1. The highest BCUT2D eigenvalue weighted by Crippen LogP contribution is 2.47.